The summed E-state index contributed by atoms with van der Waals surface area (Å²) in [6, 6.07) is 3.65. The number of methoxy groups -OCH3 is 2. The van der Waals surface area contributed by atoms with Crippen molar-refractivity contribution in [3.05, 3.63) is 23.3 Å². The molecule has 1 amide bonds. The normalized spacial score (nSPS) is 11.8. The first-order valence-corrected chi connectivity index (χ1v) is 6.14. The zero-order valence-corrected chi connectivity index (χ0v) is 11.8. The topological polar surface area (TPSA) is 67.8 Å². The van der Waals surface area contributed by atoms with Crippen molar-refractivity contribution in [2.45, 2.75) is 26.4 Å². The van der Waals surface area contributed by atoms with Gasteiger partial charge >= 0.3 is 0 Å². The average molecular weight is 267 g/mol. The summed E-state index contributed by atoms with van der Waals surface area (Å²) < 4.78 is 10.4. The molecule has 0 spiro atoms. The number of nitrogens with one attached hydrogen (secondary N) is 1. The van der Waals surface area contributed by atoms with Gasteiger partial charge in [0.1, 0.15) is 0 Å². The van der Waals surface area contributed by atoms with E-state index in [1.54, 1.807) is 27.2 Å². The van der Waals surface area contributed by atoms with Crippen molar-refractivity contribution >= 4 is 5.91 Å². The first-order chi connectivity index (χ1) is 8.97. The molecule has 0 saturated heterocycles. The second kappa shape index (κ2) is 6.99. The van der Waals surface area contributed by atoms with Crippen LogP contribution in [0, 0.1) is 6.92 Å². The molecular weight excluding hydrogens is 246 g/mol. The summed E-state index contributed by atoms with van der Waals surface area (Å²) in [6.07, 6.45) is -0.297. The molecule has 1 aromatic carbocycles. The molecule has 0 bridgehead atoms. The highest BCUT2D eigenvalue weighted by molar-refractivity contribution is 5.79. The van der Waals surface area contributed by atoms with Crippen molar-refractivity contribution in [2.24, 2.45) is 0 Å². The van der Waals surface area contributed by atoms with Crippen LogP contribution in [-0.4, -0.2) is 37.9 Å². The van der Waals surface area contributed by atoms with Gasteiger partial charge in [-0.05, 0) is 37.1 Å². The maximum absolute atomic E-state index is 11.7. The number of hydrogen-bond acceptors (Lipinski definition) is 4. The molecule has 0 fully saturated rings. The predicted octanol–water partition coefficient (Wildman–Crippen LogP) is 1.05. The van der Waals surface area contributed by atoms with Crippen molar-refractivity contribution in [2.75, 3.05) is 20.8 Å². The van der Waals surface area contributed by atoms with Crippen LogP contribution in [0.2, 0.25) is 0 Å². The highest BCUT2D eigenvalue weighted by Crippen LogP contribution is 2.30. The number of aryl methyl sites for hydroxylation is 1. The van der Waals surface area contributed by atoms with Crippen LogP contribution in [-0.2, 0) is 11.2 Å². The molecule has 0 aromatic heterocycles. The Kier molecular flexibility index (Phi) is 5.63. The molecule has 19 heavy (non-hydrogen) atoms. The van der Waals surface area contributed by atoms with Gasteiger partial charge in [0.05, 0.1) is 26.7 Å². The largest absolute Gasteiger partial charge is 0.493 e. The van der Waals surface area contributed by atoms with Gasteiger partial charge in [-0.2, -0.15) is 0 Å². The second-order valence-electron chi connectivity index (χ2n) is 4.46. The van der Waals surface area contributed by atoms with Crippen LogP contribution in [0.25, 0.3) is 0 Å². The molecule has 1 atom stereocenters. The average Bonchev–Trinajstić information content (AvgIpc) is 2.38. The Bertz CT molecular complexity index is 443. The summed E-state index contributed by atoms with van der Waals surface area (Å²) in [6.45, 7) is 3.80. The van der Waals surface area contributed by atoms with Crippen molar-refractivity contribution in [3.63, 3.8) is 0 Å². The van der Waals surface area contributed by atoms with Gasteiger partial charge in [-0.3, -0.25) is 4.79 Å². The minimum absolute atomic E-state index is 0.129. The first-order valence-electron chi connectivity index (χ1n) is 6.14. The van der Waals surface area contributed by atoms with E-state index in [-0.39, 0.29) is 18.9 Å². The molecule has 2 N–H and O–H groups in total. The standard InChI is InChI=1S/C14H21NO4/c1-9-5-12(18-3)13(19-4)6-11(9)7-14(17)15-8-10(2)16/h5-6,10,16H,7-8H2,1-4H3,(H,15,17). The van der Waals surface area contributed by atoms with E-state index < -0.39 is 6.10 Å². The van der Waals surface area contributed by atoms with Crippen LogP contribution in [0.5, 0.6) is 11.5 Å². The van der Waals surface area contributed by atoms with Gasteiger partial charge in [-0.25, -0.2) is 0 Å². The molecule has 0 saturated carbocycles. The number of carbonyl (C=O) groups excluding carboxylic acids is 1. The van der Waals surface area contributed by atoms with Crippen LogP contribution in [0.3, 0.4) is 0 Å². The Labute approximate surface area is 113 Å². The number of aliphatic hydroxyl groups is 1. The van der Waals surface area contributed by atoms with E-state index in [0.717, 1.165) is 11.1 Å². The Morgan fingerprint density at radius 3 is 2.42 bits per heavy atom. The van der Waals surface area contributed by atoms with Gasteiger partial charge in [0.2, 0.25) is 5.91 Å². The van der Waals surface area contributed by atoms with Crippen molar-refractivity contribution in [3.8, 4) is 11.5 Å². The second-order valence-corrected chi connectivity index (χ2v) is 4.46. The molecule has 1 rings (SSSR count). The Morgan fingerprint density at radius 2 is 1.89 bits per heavy atom. The lowest BCUT2D eigenvalue weighted by Gasteiger charge is -2.13. The third kappa shape index (κ3) is 4.44. The molecule has 5 heteroatoms. The van der Waals surface area contributed by atoms with E-state index in [1.807, 2.05) is 13.0 Å². The number of rotatable bonds is 6. The van der Waals surface area contributed by atoms with E-state index in [9.17, 15) is 4.79 Å². The molecule has 0 heterocycles. The highest BCUT2D eigenvalue weighted by Gasteiger charge is 2.12. The van der Waals surface area contributed by atoms with E-state index in [4.69, 9.17) is 14.6 Å². The molecular formula is C14H21NO4. The number of ether oxygens (including phenoxy) is 2. The van der Waals surface area contributed by atoms with Crippen LogP contribution in [0.15, 0.2) is 12.1 Å². The fourth-order valence-corrected chi connectivity index (χ4v) is 1.71. The van der Waals surface area contributed by atoms with Gasteiger partial charge in [0.15, 0.2) is 11.5 Å². The van der Waals surface area contributed by atoms with Crippen LogP contribution in [0.1, 0.15) is 18.1 Å². The summed E-state index contributed by atoms with van der Waals surface area (Å²) in [5.41, 5.74) is 1.84. The monoisotopic (exact) mass is 267 g/mol. The Balaban J connectivity index is 2.80. The zero-order chi connectivity index (χ0) is 14.4. The summed E-state index contributed by atoms with van der Waals surface area (Å²) >= 11 is 0. The van der Waals surface area contributed by atoms with E-state index in [0.29, 0.717) is 11.5 Å². The number of hydrogen-bond donors (Lipinski definition) is 2. The molecule has 0 aliphatic rings. The molecule has 5 nitrogen and oxygen atoms in total. The van der Waals surface area contributed by atoms with Crippen molar-refractivity contribution < 1.29 is 19.4 Å². The van der Waals surface area contributed by atoms with Crippen LogP contribution < -0.4 is 14.8 Å². The molecule has 0 aliphatic heterocycles. The van der Waals surface area contributed by atoms with Gasteiger partial charge < -0.3 is 19.9 Å². The zero-order valence-electron chi connectivity index (χ0n) is 11.8. The van der Waals surface area contributed by atoms with Crippen molar-refractivity contribution in [1.82, 2.24) is 5.32 Å². The number of benzene rings is 1. The van der Waals surface area contributed by atoms with Gasteiger partial charge in [0.25, 0.3) is 0 Å². The Morgan fingerprint density at radius 1 is 1.32 bits per heavy atom. The van der Waals surface area contributed by atoms with Gasteiger partial charge in [-0.1, -0.05) is 0 Å². The maximum Gasteiger partial charge on any atom is 0.224 e. The first kappa shape index (κ1) is 15.3. The summed E-state index contributed by atoms with van der Waals surface area (Å²) in [5.74, 6) is 1.12. The lowest BCUT2D eigenvalue weighted by molar-refractivity contribution is -0.120. The number of carbonyl (C=O) groups is 1. The molecule has 1 unspecified atom stereocenters. The van der Waals surface area contributed by atoms with Gasteiger partial charge in [-0.15, -0.1) is 0 Å². The maximum atomic E-state index is 11.7. The lowest BCUT2D eigenvalue weighted by Crippen LogP contribution is -2.31. The smallest absolute Gasteiger partial charge is 0.224 e. The molecule has 0 radical (unpaired) electrons. The lowest BCUT2D eigenvalue weighted by atomic mass is 10.0. The van der Waals surface area contributed by atoms with Crippen molar-refractivity contribution in [1.29, 1.82) is 0 Å². The summed E-state index contributed by atoms with van der Waals surface area (Å²) in [7, 11) is 3.14. The van der Waals surface area contributed by atoms with Crippen LogP contribution >= 0.6 is 0 Å². The fraction of sp³-hybridized carbons (Fsp3) is 0.500. The van der Waals surface area contributed by atoms with Gasteiger partial charge in [0, 0.05) is 6.54 Å². The van der Waals surface area contributed by atoms with E-state index in [1.165, 1.54) is 0 Å². The van der Waals surface area contributed by atoms with Crippen LogP contribution in [0.4, 0.5) is 0 Å². The molecule has 0 aliphatic carbocycles. The Hall–Kier alpha value is -1.75. The predicted molar refractivity (Wildman–Crippen MR) is 72.7 cm³/mol. The number of aliphatic hydroxyl groups excluding tert-OH is 1. The quantitative estimate of drug-likeness (QED) is 0.808. The minimum Gasteiger partial charge on any atom is -0.493 e. The highest BCUT2D eigenvalue weighted by atomic mass is 16.5. The summed E-state index contributed by atoms with van der Waals surface area (Å²) in [4.78, 5) is 11.7. The van der Waals surface area contributed by atoms with E-state index in [2.05, 4.69) is 5.32 Å². The molecule has 106 valence electrons. The third-order valence-corrected chi connectivity index (χ3v) is 2.79. The SMILES string of the molecule is COc1cc(C)c(CC(=O)NCC(C)O)cc1OC. The summed E-state index contributed by atoms with van der Waals surface area (Å²) in [5, 5.41) is 11.8. The number of amides is 1. The fourth-order valence-electron chi connectivity index (χ4n) is 1.71. The molecule has 1 aromatic rings. The van der Waals surface area contributed by atoms with E-state index >= 15 is 0 Å². The minimum atomic E-state index is -0.546. The third-order valence-electron chi connectivity index (χ3n) is 2.79.